The SMILES string of the molecule is CCC(C)CN(C)CC1CCCC1O. The van der Waals surface area contributed by atoms with Gasteiger partial charge in [-0.1, -0.05) is 26.7 Å². The Hall–Kier alpha value is -0.0800. The van der Waals surface area contributed by atoms with Crippen LogP contribution in [0.1, 0.15) is 39.5 Å². The Morgan fingerprint density at radius 1 is 1.43 bits per heavy atom. The molecule has 2 heteroatoms. The van der Waals surface area contributed by atoms with E-state index in [0.29, 0.717) is 5.92 Å². The quantitative estimate of drug-likeness (QED) is 0.733. The molecule has 0 aromatic rings. The van der Waals surface area contributed by atoms with E-state index in [0.717, 1.165) is 18.9 Å². The van der Waals surface area contributed by atoms with Gasteiger partial charge in [-0.2, -0.15) is 0 Å². The Balaban J connectivity index is 2.22. The number of nitrogens with zero attached hydrogens (tertiary/aromatic N) is 1. The summed E-state index contributed by atoms with van der Waals surface area (Å²) in [6, 6.07) is 0. The molecule has 0 aromatic heterocycles. The molecule has 0 aromatic carbocycles. The van der Waals surface area contributed by atoms with Crippen LogP contribution in [-0.2, 0) is 0 Å². The average Bonchev–Trinajstić information content (AvgIpc) is 2.51. The zero-order chi connectivity index (χ0) is 10.6. The maximum Gasteiger partial charge on any atom is 0.0580 e. The zero-order valence-corrected chi connectivity index (χ0v) is 9.87. The van der Waals surface area contributed by atoms with Crippen LogP contribution in [0.15, 0.2) is 0 Å². The highest BCUT2D eigenvalue weighted by Crippen LogP contribution is 2.26. The molecule has 1 N–H and O–H groups in total. The van der Waals surface area contributed by atoms with Crippen LogP contribution in [0.5, 0.6) is 0 Å². The molecule has 0 bridgehead atoms. The molecule has 0 radical (unpaired) electrons. The zero-order valence-electron chi connectivity index (χ0n) is 9.87. The van der Waals surface area contributed by atoms with Gasteiger partial charge in [-0.3, -0.25) is 0 Å². The molecule has 1 fully saturated rings. The van der Waals surface area contributed by atoms with Crippen molar-refractivity contribution in [3.63, 3.8) is 0 Å². The van der Waals surface area contributed by atoms with E-state index in [1.54, 1.807) is 0 Å². The van der Waals surface area contributed by atoms with Crippen LogP contribution in [0, 0.1) is 11.8 Å². The minimum absolute atomic E-state index is 0.0330. The predicted octanol–water partition coefficient (Wildman–Crippen LogP) is 2.13. The van der Waals surface area contributed by atoms with E-state index < -0.39 is 0 Å². The summed E-state index contributed by atoms with van der Waals surface area (Å²) < 4.78 is 0. The molecule has 1 rings (SSSR count). The third-order valence-electron chi connectivity index (χ3n) is 3.49. The van der Waals surface area contributed by atoms with Crippen molar-refractivity contribution in [2.75, 3.05) is 20.1 Å². The Morgan fingerprint density at radius 3 is 2.64 bits per heavy atom. The van der Waals surface area contributed by atoms with Gasteiger partial charge in [-0.15, -0.1) is 0 Å². The number of rotatable bonds is 5. The van der Waals surface area contributed by atoms with Crippen molar-refractivity contribution in [3.8, 4) is 0 Å². The number of hydrogen-bond acceptors (Lipinski definition) is 2. The lowest BCUT2D eigenvalue weighted by Gasteiger charge is -2.25. The first-order chi connectivity index (χ1) is 6.63. The van der Waals surface area contributed by atoms with Crippen LogP contribution >= 0.6 is 0 Å². The van der Waals surface area contributed by atoms with Crippen molar-refractivity contribution >= 4 is 0 Å². The van der Waals surface area contributed by atoms with Crippen molar-refractivity contribution < 1.29 is 5.11 Å². The number of hydrogen-bond donors (Lipinski definition) is 1. The minimum atomic E-state index is -0.0330. The third kappa shape index (κ3) is 3.58. The second-order valence-corrected chi connectivity index (χ2v) is 4.99. The maximum absolute atomic E-state index is 9.70. The van der Waals surface area contributed by atoms with Crippen LogP contribution in [0.4, 0.5) is 0 Å². The smallest absolute Gasteiger partial charge is 0.0580 e. The molecule has 0 aliphatic heterocycles. The first kappa shape index (κ1) is 12.0. The molecule has 3 atom stereocenters. The molecule has 0 saturated heterocycles. The summed E-state index contributed by atoms with van der Waals surface area (Å²) >= 11 is 0. The lowest BCUT2D eigenvalue weighted by Crippen LogP contribution is -2.32. The minimum Gasteiger partial charge on any atom is -0.393 e. The van der Waals surface area contributed by atoms with Gasteiger partial charge >= 0.3 is 0 Å². The monoisotopic (exact) mass is 199 g/mol. The van der Waals surface area contributed by atoms with E-state index in [4.69, 9.17) is 0 Å². The molecule has 3 unspecified atom stereocenters. The standard InChI is InChI=1S/C12H25NO/c1-4-10(2)8-13(3)9-11-6-5-7-12(11)14/h10-12,14H,4-9H2,1-3H3. The fourth-order valence-corrected chi connectivity index (χ4v) is 2.37. The topological polar surface area (TPSA) is 23.5 Å². The molecular weight excluding hydrogens is 174 g/mol. The molecule has 1 aliphatic carbocycles. The fourth-order valence-electron chi connectivity index (χ4n) is 2.37. The molecule has 14 heavy (non-hydrogen) atoms. The molecule has 84 valence electrons. The van der Waals surface area contributed by atoms with Gasteiger partial charge in [-0.25, -0.2) is 0 Å². The van der Waals surface area contributed by atoms with Gasteiger partial charge in [0.1, 0.15) is 0 Å². The molecule has 0 amide bonds. The van der Waals surface area contributed by atoms with Crippen LogP contribution in [-0.4, -0.2) is 36.2 Å². The third-order valence-corrected chi connectivity index (χ3v) is 3.49. The van der Waals surface area contributed by atoms with Gasteiger partial charge in [0.05, 0.1) is 6.10 Å². The maximum atomic E-state index is 9.70. The van der Waals surface area contributed by atoms with E-state index in [1.165, 1.54) is 25.8 Å². The first-order valence-corrected chi connectivity index (χ1v) is 6.00. The van der Waals surface area contributed by atoms with Crippen molar-refractivity contribution in [2.24, 2.45) is 11.8 Å². The van der Waals surface area contributed by atoms with Crippen molar-refractivity contribution in [1.82, 2.24) is 4.90 Å². The van der Waals surface area contributed by atoms with Crippen LogP contribution in [0.3, 0.4) is 0 Å². The Labute approximate surface area is 88.3 Å². The van der Waals surface area contributed by atoms with E-state index in [1.807, 2.05) is 0 Å². The van der Waals surface area contributed by atoms with Gasteiger partial charge < -0.3 is 10.0 Å². The lowest BCUT2D eigenvalue weighted by molar-refractivity contribution is 0.105. The van der Waals surface area contributed by atoms with E-state index >= 15 is 0 Å². The summed E-state index contributed by atoms with van der Waals surface area (Å²) in [5.41, 5.74) is 0. The first-order valence-electron chi connectivity index (χ1n) is 6.00. The summed E-state index contributed by atoms with van der Waals surface area (Å²) in [4.78, 5) is 2.38. The summed E-state index contributed by atoms with van der Waals surface area (Å²) in [5, 5.41) is 9.70. The lowest BCUT2D eigenvalue weighted by atomic mass is 10.0. The molecule has 1 saturated carbocycles. The van der Waals surface area contributed by atoms with E-state index in [9.17, 15) is 5.11 Å². The second-order valence-electron chi connectivity index (χ2n) is 4.99. The van der Waals surface area contributed by atoms with Gasteiger partial charge in [0.15, 0.2) is 0 Å². The summed E-state index contributed by atoms with van der Waals surface area (Å²) in [6.07, 6.45) is 4.66. The summed E-state index contributed by atoms with van der Waals surface area (Å²) in [7, 11) is 2.18. The molecular formula is C12H25NO. The Kier molecular flexibility index (Phi) is 4.90. The highest BCUT2D eigenvalue weighted by atomic mass is 16.3. The average molecular weight is 199 g/mol. The molecule has 1 aliphatic rings. The largest absolute Gasteiger partial charge is 0.393 e. The second kappa shape index (κ2) is 5.72. The van der Waals surface area contributed by atoms with E-state index in [2.05, 4.69) is 25.8 Å². The predicted molar refractivity (Wildman–Crippen MR) is 60.3 cm³/mol. The molecule has 0 spiro atoms. The summed E-state index contributed by atoms with van der Waals surface area (Å²) in [5.74, 6) is 1.31. The van der Waals surface area contributed by atoms with Gasteiger partial charge in [-0.05, 0) is 31.7 Å². The molecule has 0 heterocycles. The van der Waals surface area contributed by atoms with Crippen molar-refractivity contribution in [1.29, 1.82) is 0 Å². The number of aliphatic hydroxyl groups excluding tert-OH is 1. The van der Waals surface area contributed by atoms with E-state index in [-0.39, 0.29) is 6.10 Å². The summed E-state index contributed by atoms with van der Waals surface area (Å²) in [6.45, 7) is 6.77. The highest BCUT2D eigenvalue weighted by molar-refractivity contribution is 4.78. The fraction of sp³-hybridized carbons (Fsp3) is 1.00. The Bertz CT molecular complexity index is 160. The van der Waals surface area contributed by atoms with Crippen molar-refractivity contribution in [2.45, 2.75) is 45.6 Å². The van der Waals surface area contributed by atoms with Crippen molar-refractivity contribution in [3.05, 3.63) is 0 Å². The number of aliphatic hydroxyl groups is 1. The van der Waals surface area contributed by atoms with Crippen LogP contribution in [0.25, 0.3) is 0 Å². The Morgan fingerprint density at radius 2 is 2.14 bits per heavy atom. The van der Waals surface area contributed by atoms with Gasteiger partial charge in [0, 0.05) is 13.1 Å². The van der Waals surface area contributed by atoms with Gasteiger partial charge in [0.25, 0.3) is 0 Å². The van der Waals surface area contributed by atoms with Gasteiger partial charge in [0.2, 0.25) is 0 Å². The van der Waals surface area contributed by atoms with Crippen LogP contribution in [0.2, 0.25) is 0 Å². The van der Waals surface area contributed by atoms with Crippen LogP contribution < -0.4 is 0 Å². The highest BCUT2D eigenvalue weighted by Gasteiger charge is 2.26. The normalized spacial score (nSPS) is 29.8. The molecule has 2 nitrogen and oxygen atoms in total.